The monoisotopic (exact) mass is 393 g/mol. The standard InChI is InChI=1S/C23H27N3O3/c1-16-14-17(2)18(3)20(15-16)28-13-7-12-24-21(27)10-11-22-25-23(26-29-22)19-8-5-4-6-9-19/h4-6,8-9,14-15H,7,10-13H2,1-3H3,(H,24,27). The maximum atomic E-state index is 12.0. The summed E-state index contributed by atoms with van der Waals surface area (Å²) >= 11 is 0. The molecule has 152 valence electrons. The van der Waals surface area contributed by atoms with Gasteiger partial charge in [0.2, 0.25) is 17.6 Å². The van der Waals surface area contributed by atoms with Gasteiger partial charge in [0.15, 0.2) is 0 Å². The van der Waals surface area contributed by atoms with Crippen LogP contribution >= 0.6 is 0 Å². The lowest BCUT2D eigenvalue weighted by Crippen LogP contribution is -2.25. The molecule has 0 saturated carbocycles. The lowest BCUT2D eigenvalue weighted by atomic mass is 10.1. The molecule has 0 aliphatic carbocycles. The Balaban J connectivity index is 1.35. The van der Waals surface area contributed by atoms with E-state index in [4.69, 9.17) is 9.26 Å². The van der Waals surface area contributed by atoms with Gasteiger partial charge in [0.1, 0.15) is 5.75 Å². The molecule has 0 unspecified atom stereocenters. The molecule has 1 aromatic heterocycles. The maximum Gasteiger partial charge on any atom is 0.227 e. The van der Waals surface area contributed by atoms with Crippen LogP contribution in [0.25, 0.3) is 11.4 Å². The summed E-state index contributed by atoms with van der Waals surface area (Å²) in [5.74, 6) is 1.89. The highest BCUT2D eigenvalue weighted by Gasteiger charge is 2.10. The van der Waals surface area contributed by atoms with Crippen molar-refractivity contribution in [1.82, 2.24) is 15.5 Å². The lowest BCUT2D eigenvalue weighted by molar-refractivity contribution is -0.121. The Hall–Kier alpha value is -3.15. The Morgan fingerprint density at radius 2 is 1.93 bits per heavy atom. The SMILES string of the molecule is Cc1cc(C)c(C)c(OCCCNC(=O)CCc2nc(-c3ccccc3)no2)c1. The van der Waals surface area contributed by atoms with Crippen LogP contribution in [0.4, 0.5) is 0 Å². The van der Waals surface area contributed by atoms with Crippen LogP contribution in [-0.4, -0.2) is 29.2 Å². The van der Waals surface area contributed by atoms with Crippen molar-refractivity contribution in [3.05, 3.63) is 65.0 Å². The Kier molecular flexibility index (Phi) is 7.00. The zero-order chi connectivity index (χ0) is 20.6. The predicted octanol–water partition coefficient (Wildman–Crippen LogP) is 4.18. The molecule has 3 rings (SSSR count). The molecule has 6 nitrogen and oxygen atoms in total. The highest BCUT2D eigenvalue weighted by Crippen LogP contribution is 2.23. The fourth-order valence-electron chi connectivity index (χ4n) is 3.00. The van der Waals surface area contributed by atoms with Gasteiger partial charge in [-0.25, -0.2) is 0 Å². The summed E-state index contributed by atoms with van der Waals surface area (Å²) < 4.78 is 11.1. The average molecular weight is 393 g/mol. The molecule has 0 bridgehead atoms. The number of hydrogen-bond acceptors (Lipinski definition) is 5. The minimum atomic E-state index is -0.0351. The fourth-order valence-corrected chi connectivity index (χ4v) is 3.00. The van der Waals surface area contributed by atoms with Crippen molar-refractivity contribution < 1.29 is 14.1 Å². The van der Waals surface area contributed by atoms with Crippen molar-refractivity contribution in [3.63, 3.8) is 0 Å². The summed E-state index contributed by atoms with van der Waals surface area (Å²) in [5.41, 5.74) is 4.47. The highest BCUT2D eigenvalue weighted by molar-refractivity contribution is 5.76. The van der Waals surface area contributed by atoms with Crippen molar-refractivity contribution in [2.75, 3.05) is 13.2 Å². The third kappa shape index (κ3) is 5.91. The van der Waals surface area contributed by atoms with E-state index in [1.807, 2.05) is 30.3 Å². The third-order valence-electron chi connectivity index (χ3n) is 4.73. The molecule has 1 N–H and O–H groups in total. The number of carbonyl (C=O) groups excluding carboxylic acids is 1. The van der Waals surface area contributed by atoms with Crippen LogP contribution in [0.1, 0.15) is 35.4 Å². The number of rotatable bonds is 9. The first-order valence-electron chi connectivity index (χ1n) is 9.88. The second-order valence-electron chi connectivity index (χ2n) is 7.13. The van der Waals surface area contributed by atoms with Crippen LogP contribution in [-0.2, 0) is 11.2 Å². The molecule has 6 heteroatoms. The normalized spacial score (nSPS) is 10.7. The van der Waals surface area contributed by atoms with Crippen LogP contribution in [0.15, 0.2) is 47.0 Å². The van der Waals surface area contributed by atoms with Gasteiger partial charge in [0.05, 0.1) is 6.61 Å². The zero-order valence-corrected chi connectivity index (χ0v) is 17.2. The second kappa shape index (κ2) is 9.87. The van der Waals surface area contributed by atoms with Gasteiger partial charge in [0.25, 0.3) is 0 Å². The van der Waals surface area contributed by atoms with Crippen LogP contribution in [0.3, 0.4) is 0 Å². The lowest BCUT2D eigenvalue weighted by Gasteiger charge is -2.12. The maximum absolute atomic E-state index is 12.0. The van der Waals surface area contributed by atoms with Gasteiger partial charge in [0, 0.05) is 24.9 Å². The number of benzene rings is 2. The first-order valence-corrected chi connectivity index (χ1v) is 9.88. The van der Waals surface area contributed by atoms with E-state index < -0.39 is 0 Å². The van der Waals surface area contributed by atoms with Crippen molar-refractivity contribution in [3.8, 4) is 17.1 Å². The number of amides is 1. The molecule has 3 aromatic rings. The number of carbonyl (C=O) groups is 1. The molecule has 0 spiro atoms. The smallest absolute Gasteiger partial charge is 0.227 e. The molecule has 2 aromatic carbocycles. The van der Waals surface area contributed by atoms with E-state index in [2.05, 4.69) is 48.4 Å². The number of ether oxygens (including phenoxy) is 1. The van der Waals surface area contributed by atoms with Gasteiger partial charge in [-0.2, -0.15) is 4.98 Å². The number of nitrogens with zero attached hydrogens (tertiary/aromatic N) is 2. The summed E-state index contributed by atoms with van der Waals surface area (Å²) in [7, 11) is 0. The van der Waals surface area contributed by atoms with Gasteiger partial charge in [-0.3, -0.25) is 4.79 Å². The van der Waals surface area contributed by atoms with Gasteiger partial charge >= 0.3 is 0 Å². The van der Waals surface area contributed by atoms with Crippen LogP contribution in [0.5, 0.6) is 5.75 Å². The summed E-state index contributed by atoms with van der Waals surface area (Å²) in [6.45, 7) is 7.34. The molecular formula is C23H27N3O3. The van der Waals surface area contributed by atoms with Crippen molar-refractivity contribution in [1.29, 1.82) is 0 Å². The first kappa shape index (κ1) is 20.6. The molecule has 1 amide bonds. The van der Waals surface area contributed by atoms with E-state index >= 15 is 0 Å². The molecule has 1 heterocycles. The minimum Gasteiger partial charge on any atom is -0.493 e. The van der Waals surface area contributed by atoms with E-state index in [9.17, 15) is 4.79 Å². The topological polar surface area (TPSA) is 77.2 Å². The molecule has 0 aliphatic rings. The van der Waals surface area contributed by atoms with Crippen molar-refractivity contribution in [2.24, 2.45) is 0 Å². The van der Waals surface area contributed by atoms with Gasteiger partial charge in [-0.05, 0) is 49.9 Å². The van der Waals surface area contributed by atoms with Crippen LogP contribution in [0, 0.1) is 20.8 Å². The van der Waals surface area contributed by atoms with Crippen LogP contribution in [0.2, 0.25) is 0 Å². The molecule has 0 saturated heterocycles. The summed E-state index contributed by atoms with van der Waals surface area (Å²) in [4.78, 5) is 16.4. The zero-order valence-electron chi connectivity index (χ0n) is 17.2. The predicted molar refractivity (Wildman–Crippen MR) is 112 cm³/mol. The van der Waals surface area contributed by atoms with Gasteiger partial charge in [-0.15, -0.1) is 0 Å². The molecule has 29 heavy (non-hydrogen) atoms. The van der Waals surface area contributed by atoms with Crippen LogP contribution < -0.4 is 10.1 Å². The molecule has 0 fully saturated rings. The summed E-state index contributed by atoms with van der Waals surface area (Å²) in [6, 6.07) is 13.8. The minimum absolute atomic E-state index is 0.0351. The quantitative estimate of drug-likeness (QED) is 0.552. The molecule has 0 radical (unpaired) electrons. The number of aryl methyl sites for hydroxylation is 3. The third-order valence-corrected chi connectivity index (χ3v) is 4.73. The van der Waals surface area contributed by atoms with E-state index in [-0.39, 0.29) is 5.91 Å². The Bertz CT molecular complexity index is 951. The van der Waals surface area contributed by atoms with Crippen molar-refractivity contribution in [2.45, 2.75) is 40.0 Å². The second-order valence-corrected chi connectivity index (χ2v) is 7.13. The Labute approximate surface area is 171 Å². The molecular weight excluding hydrogens is 366 g/mol. The Morgan fingerprint density at radius 3 is 2.72 bits per heavy atom. The van der Waals surface area contributed by atoms with E-state index in [0.29, 0.717) is 37.7 Å². The largest absolute Gasteiger partial charge is 0.493 e. The molecule has 0 aliphatic heterocycles. The summed E-state index contributed by atoms with van der Waals surface area (Å²) in [5, 5.41) is 6.87. The van der Waals surface area contributed by atoms with E-state index in [1.54, 1.807) is 0 Å². The number of nitrogens with one attached hydrogen (secondary N) is 1. The average Bonchev–Trinajstić information content (AvgIpc) is 3.19. The number of aromatic nitrogens is 2. The van der Waals surface area contributed by atoms with Crippen molar-refractivity contribution >= 4 is 5.91 Å². The fraction of sp³-hybridized carbons (Fsp3) is 0.348. The summed E-state index contributed by atoms with van der Waals surface area (Å²) in [6.07, 6.45) is 1.48. The van der Waals surface area contributed by atoms with Gasteiger partial charge in [-0.1, -0.05) is 41.6 Å². The first-order chi connectivity index (χ1) is 14.0. The van der Waals surface area contributed by atoms with E-state index in [0.717, 1.165) is 23.3 Å². The van der Waals surface area contributed by atoms with Gasteiger partial charge < -0.3 is 14.6 Å². The van der Waals surface area contributed by atoms with E-state index in [1.165, 1.54) is 11.1 Å². The Morgan fingerprint density at radius 1 is 1.14 bits per heavy atom. The molecule has 0 atom stereocenters. The highest BCUT2D eigenvalue weighted by atomic mass is 16.5. The number of hydrogen-bond donors (Lipinski definition) is 1.